The summed E-state index contributed by atoms with van der Waals surface area (Å²) in [4.78, 5) is 15.1. The first-order valence-corrected chi connectivity index (χ1v) is 9.10. The highest BCUT2D eigenvalue weighted by atomic mass is 16.5. The largest absolute Gasteiger partial charge is 0.496 e. The number of nitrogens with one attached hydrogen (secondary N) is 1. The fourth-order valence-corrected chi connectivity index (χ4v) is 2.66. The van der Waals surface area contributed by atoms with Crippen LogP contribution < -0.4 is 19.7 Å². The van der Waals surface area contributed by atoms with Crippen molar-refractivity contribution in [1.82, 2.24) is 15.0 Å². The minimum absolute atomic E-state index is 0.321. The lowest BCUT2D eigenvalue weighted by atomic mass is 10.1. The molecule has 0 aliphatic rings. The van der Waals surface area contributed by atoms with Gasteiger partial charge >= 0.3 is 0 Å². The zero-order valence-electron chi connectivity index (χ0n) is 16.4. The lowest BCUT2D eigenvalue weighted by molar-refractivity contribution is 0.289. The second-order valence-electron chi connectivity index (χ2n) is 6.38. The van der Waals surface area contributed by atoms with Crippen LogP contribution in [0.25, 0.3) is 0 Å². The fourth-order valence-electron chi connectivity index (χ4n) is 2.66. The number of rotatable bonds is 9. The van der Waals surface area contributed by atoms with Gasteiger partial charge in [0.15, 0.2) is 0 Å². The van der Waals surface area contributed by atoms with Crippen LogP contribution in [0.5, 0.6) is 11.6 Å². The molecule has 0 bridgehead atoms. The molecule has 0 atom stereocenters. The molecule has 1 N–H and O–H groups in total. The molecular formula is C21H25N5O2. The van der Waals surface area contributed by atoms with Gasteiger partial charge < -0.3 is 19.7 Å². The Morgan fingerprint density at radius 2 is 1.86 bits per heavy atom. The molecule has 0 spiro atoms. The van der Waals surface area contributed by atoms with Crippen LogP contribution in [0.2, 0.25) is 0 Å². The highest BCUT2D eigenvalue weighted by Gasteiger charge is 2.08. The molecule has 0 amide bonds. The fraction of sp³-hybridized carbons (Fsp3) is 0.286. The Kier molecular flexibility index (Phi) is 6.62. The van der Waals surface area contributed by atoms with E-state index in [1.165, 1.54) is 0 Å². The number of benzene rings is 1. The molecule has 0 aliphatic heterocycles. The molecule has 0 saturated carbocycles. The van der Waals surface area contributed by atoms with E-state index < -0.39 is 0 Å². The molecule has 28 heavy (non-hydrogen) atoms. The molecule has 2 aromatic heterocycles. The average molecular weight is 379 g/mol. The van der Waals surface area contributed by atoms with E-state index >= 15 is 0 Å². The lowest BCUT2D eigenvalue weighted by Gasteiger charge is -2.15. The summed E-state index contributed by atoms with van der Waals surface area (Å²) in [6.45, 7) is 1.05. The molecule has 2 heterocycles. The maximum atomic E-state index is 5.72. The zero-order chi connectivity index (χ0) is 19.8. The summed E-state index contributed by atoms with van der Waals surface area (Å²) < 4.78 is 11.1. The van der Waals surface area contributed by atoms with Crippen molar-refractivity contribution in [3.63, 3.8) is 0 Å². The lowest BCUT2D eigenvalue weighted by Crippen LogP contribution is -2.16. The van der Waals surface area contributed by atoms with Crippen LogP contribution in [-0.2, 0) is 13.0 Å². The molecule has 0 fully saturated rings. The van der Waals surface area contributed by atoms with Crippen LogP contribution in [-0.4, -0.2) is 42.7 Å². The number of nitrogens with zero attached hydrogens (tertiary/aromatic N) is 4. The molecule has 0 aliphatic carbocycles. The van der Waals surface area contributed by atoms with Crippen molar-refractivity contribution < 1.29 is 9.47 Å². The van der Waals surface area contributed by atoms with E-state index in [-0.39, 0.29) is 0 Å². The molecule has 1 aromatic carbocycles. The van der Waals surface area contributed by atoms with Crippen LogP contribution in [0.15, 0.2) is 54.7 Å². The third kappa shape index (κ3) is 5.33. The molecule has 0 saturated heterocycles. The molecule has 7 heteroatoms. The van der Waals surface area contributed by atoms with Gasteiger partial charge in [0, 0.05) is 39.0 Å². The summed E-state index contributed by atoms with van der Waals surface area (Å²) in [6.07, 6.45) is 2.52. The molecule has 0 radical (unpaired) electrons. The number of pyridine rings is 1. The van der Waals surface area contributed by atoms with Gasteiger partial charge in [-0.25, -0.2) is 9.97 Å². The minimum atomic E-state index is 0.321. The van der Waals surface area contributed by atoms with Crippen molar-refractivity contribution in [2.75, 3.05) is 38.0 Å². The summed E-state index contributed by atoms with van der Waals surface area (Å²) in [5.41, 5.74) is 1.93. The van der Waals surface area contributed by atoms with E-state index in [9.17, 15) is 0 Å². The van der Waals surface area contributed by atoms with Gasteiger partial charge in [-0.05, 0) is 24.1 Å². The summed E-state index contributed by atoms with van der Waals surface area (Å²) in [5.74, 6) is 2.85. The Bertz CT molecular complexity index is 887. The minimum Gasteiger partial charge on any atom is -0.496 e. The summed E-state index contributed by atoms with van der Waals surface area (Å²) in [7, 11) is 5.52. The Morgan fingerprint density at radius 3 is 2.61 bits per heavy atom. The van der Waals surface area contributed by atoms with Gasteiger partial charge in [0.05, 0.1) is 12.8 Å². The Balaban J connectivity index is 1.66. The summed E-state index contributed by atoms with van der Waals surface area (Å²) in [5, 5.41) is 3.37. The highest BCUT2D eigenvalue weighted by Crippen LogP contribution is 2.19. The predicted octanol–water partition coefficient (Wildman–Crippen LogP) is 3.18. The van der Waals surface area contributed by atoms with Crippen molar-refractivity contribution in [2.45, 2.75) is 13.0 Å². The normalized spacial score (nSPS) is 10.4. The molecule has 3 aromatic rings. The van der Waals surface area contributed by atoms with Gasteiger partial charge in [0.1, 0.15) is 18.2 Å². The first-order valence-electron chi connectivity index (χ1n) is 9.10. The summed E-state index contributed by atoms with van der Waals surface area (Å²) in [6, 6.07) is 15.5. The van der Waals surface area contributed by atoms with Crippen molar-refractivity contribution in [2.24, 2.45) is 0 Å². The number of para-hydroxylation sites is 1. The Morgan fingerprint density at radius 1 is 1.04 bits per heavy atom. The van der Waals surface area contributed by atoms with Crippen LogP contribution in [0, 0.1) is 0 Å². The SMILES string of the molecule is COc1ccccc1CCNc1cc(COc2ccccn2)nc(N(C)C)n1. The molecule has 7 nitrogen and oxygen atoms in total. The standard InChI is InChI=1S/C21H25N5O2/c1-26(2)21-24-17(15-28-20-10-6-7-12-23-20)14-19(25-21)22-13-11-16-8-4-5-9-18(16)27-3/h4-10,12,14H,11,13,15H2,1-3H3,(H,22,24,25). The van der Waals surface area contributed by atoms with Gasteiger partial charge in [-0.2, -0.15) is 4.98 Å². The second kappa shape index (κ2) is 9.55. The van der Waals surface area contributed by atoms with E-state index in [1.54, 1.807) is 13.3 Å². The molecule has 146 valence electrons. The van der Waals surface area contributed by atoms with E-state index in [2.05, 4.69) is 26.3 Å². The highest BCUT2D eigenvalue weighted by molar-refractivity contribution is 5.43. The topological polar surface area (TPSA) is 72.4 Å². The van der Waals surface area contributed by atoms with Gasteiger partial charge in [0.25, 0.3) is 0 Å². The molecule has 0 unspecified atom stereocenters. The quantitative estimate of drug-likeness (QED) is 0.612. The van der Waals surface area contributed by atoms with E-state index in [0.29, 0.717) is 18.4 Å². The number of aromatic nitrogens is 3. The van der Waals surface area contributed by atoms with E-state index in [4.69, 9.17) is 9.47 Å². The monoisotopic (exact) mass is 379 g/mol. The predicted molar refractivity (Wildman–Crippen MR) is 110 cm³/mol. The molecule has 3 rings (SSSR count). The first kappa shape index (κ1) is 19.4. The van der Waals surface area contributed by atoms with Crippen LogP contribution >= 0.6 is 0 Å². The van der Waals surface area contributed by atoms with E-state index in [1.807, 2.05) is 61.5 Å². The average Bonchev–Trinajstić information content (AvgIpc) is 2.73. The first-order chi connectivity index (χ1) is 13.7. The number of hydrogen-bond acceptors (Lipinski definition) is 7. The number of anilines is 2. The second-order valence-corrected chi connectivity index (χ2v) is 6.38. The van der Waals surface area contributed by atoms with Crippen LogP contribution in [0.4, 0.5) is 11.8 Å². The van der Waals surface area contributed by atoms with Crippen molar-refractivity contribution in [1.29, 1.82) is 0 Å². The maximum absolute atomic E-state index is 5.72. The Hall–Kier alpha value is -3.35. The number of methoxy groups -OCH3 is 1. The number of ether oxygens (including phenoxy) is 2. The number of hydrogen-bond donors (Lipinski definition) is 1. The summed E-state index contributed by atoms with van der Waals surface area (Å²) >= 11 is 0. The third-order valence-electron chi connectivity index (χ3n) is 4.07. The van der Waals surface area contributed by atoms with Crippen molar-refractivity contribution in [3.8, 4) is 11.6 Å². The smallest absolute Gasteiger partial charge is 0.227 e. The molecular weight excluding hydrogens is 354 g/mol. The Labute approximate surface area is 165 Å². The van der Waals surface area contributed by atoms with E-state index in [0.717, 1.165) is 35.8 Å². The van der Waals surface area contributed by atoms with Crippen molar-refractivity contribution in [3.05, 3.63) is 66.0 Å². The van der Waals surface area contributed by atoms with Crippen molar-refractivity contribution >= 4 is 11.8 Å². The van der Waals surface area contributed by atoms with Crippen LogP contribution in [0.3, 0.4) is 0 Å². The van der Waals surface area contributed by atoms with Gasteiger partial charge in [-0.1, -0.05) is 24.3 Å². The zero-order valence-corrected chi connectivity index (χ0v) is 16.4. The van der Waals surface area contributed by atoms with Gasteiger partial charge in [-0.3, -0.25) is 0 Å². The maximum Gasteiger partial charge on any atom is 0.227 e. The van der Waals surface area contributed by atoms with Gasteiger partial charge in [0.2, 0.25) is 11.8 Å². The van der Waals surface area contributed by atoms with Crippen LogP contribution in [0.1, 0.15) is 11.3 Å². The van der Waals surface area contributed by atoms with Gasteiger partial charge in [-0.15, -0.1) is 0 Å². The third-order valence-corrected chi connectivity index (χ3v) is 4.07.